The second-order valence-electron chi connectivity index (χ2n) is 5.94. The Morgan fingerprint density at radius 3 is 2.56 bits per heavy atom. The molecule has 1 aromatic heterocycles. The Balaban J connectivity index is 1.79. The molecule has 3 nitrogen and oxygen atoms in total. The summed E-state index contributed by atoms with van der Waals surface area (Å²) in [5, 5.41) is 4.42. The number of hydrogen-bond acceptors (Lipinski definition) is 2. The summed E-state index contributed by atoms with van der Waals surface area (Å²) in [6.45, 7) is 5.22. The highest BCUT2D eigenvalue weighted by atomic mass is 15.3. The molecule has 1 aliphatic rings. The predicted molar refractivity (Wildman–Crippen MR) is 72.0 cm³/mol. The van der Waals surface area contributed by atoms with Gasteiger partial charge in [-0.05, 0) is 17.4 Å². The zero-order chi connectivity index (χ0) is 12.8. The van der Waals surface area contributed by atoms with Gasteiger partial charge in [0.2, 0.25) is 0 Å². The third kappa shape index (κ3) is 1.75. The standard InChI is InChI=1S/C15H19N3/c1-14(2)11-15(14,16)13-8-17-18(10-13)9-12-6-4-3-5-7-12/h3-8,10H,9,11,16H2,1-2H3. The lowest BCUT2D eigenvalue weighted by molar-refractivity contribution is 0.509. The van der Waals surface area contributed by atoms with Crippen molar-refractivity contribution in [3.05, 3.63) is 53.9 Å². The summed E-state index contributed by atoms with van der Waals surface area (Å²) < 4.78 is 1.97. The van der Waals surface area contributed by atoms with E-state index in [1.807, 2.05) is 29.1 Å². The van der Waals surface area contributed by atoms with E-state index < -0.39 is 0 Å². The summed E-state index contributed by atoms with van der Waals surface area (Å²) in [5.74, 6) is 0. The van der Waals surface area contributed by atoms with Gasteiger partial charge in [0.15, 0.2) is 0 Å². The molecule has 3 rings (SSSR count). The fourth-order valence-corrected chi connectivity index (χ4v) is 2.60. The number of aromatic nitrogens is 2. The zero-order valence-corrected chi connectivity index (χ0v) is 10.9. The molecule has 3 heteroatoms. The number of nitrogens with zero attached hydrogens (tertiary/aromatic N) is 2. The minimum absolute atomic E-state index is 0.179. The van der Waals surface area contributed by atoms with E-state index in [9.17, 15) is 0 Å². The molecule has 0 spiro atoms. The summed E-state index contributed by atoms with van der Waals surface area (Å²) in [5.41, 5.74) is 8.84. The smallest absolute Gasteiger partial charge is 0.0659 e. The van der Waals surface area contributed by atoms with Crippen LogP contribution in [0.1, 0.15) is 31.4 Å². The molecule has 1 fully saturated rings. The Labute approximate surface area is 108 Å². The molecule has 0 amide bonds. The van der Waals surface area contributed by atoms with Crippen LogP contribution in [-0.4, -0.2) is 9.78 Å². The molecule has 1 heterocycles. The first-order chi connectivity index (χ1) is 8.51. The average Bonchev–Trinajstić information content (AvgIpc) is 2.71. The molecule has 1 aliphatic carbocycles. The van der Waals surface area contributed by atoms with Gasteiger partial charge in [0.1, 0.15) is 0 Å². The van der Waals surface area contributed by atoms with Crippen LogP contribution in [0.5, 0.6) is 0 Å². The molecule has 1 atom stereocenters. The topological polar surface area (TPSA) is 43.8 Å². The van der Waals surface area contributed by atoms with E-state index in [2.05, 4.69) is 37.3 Å². The summed E-state index contributed by atoms with van der Waals surface area (Å²) in [6.07, 6.45) is 5.04. The van der Waals surface area contributed by atoms with Crippen LogP contribution in [0.25, 0.3) is 0 Å². The van der Waals surface area contributed by atoms with Crippen LogP contribution in [0.4, 0.5) is 0 Å². The van der Waals surface area contributed by atoms with Crippen LogP contribution < -0.4 is 5.73 Å². The Morgan fingerprint density at radius 2 is 1.94 bits per heavy atom. The minimum atomic E-state index is -0.179. The lowest BCUT2D eigenvalue weighted by atomic mass is 10.0. The quantitative estimate of drug-likeness (QED) is 0.897. The SMILES string of the molecule is CC1(C)CC1(N)c1cnn(Cc2ccccc2)c1. The molecular formula is C15H19N3. The molecule has 1 saturated carbocycles. The first-order valence-electron chi connectivity index (χ1n) is 6.37. The number of benzene rings is 1. The van der Waals surface area contributed by atoms with Crippen molar-refractivity contribution in [2.45, 2.75) is 32.4 Å². The van der Waals surface area contributed by atoms with Crippen molar-refractivity contribution in [1.29, 1.82) is 0 Å². The maximum atomic E-state index is 6.40. The van der Waals surface area contributed by atoms with Gasteiger partial charge < -0.3 is 5.73 Å². The summed E-state index contributed by atoms with van der Waals surface area (Å²) in [7, 11) is 0. The third-order valence-electron chi connectivity index (χ3n) is 4.14. The first-order valence-corrected chi connectivity index (χ1v) is 6.37. The van der Waals surface area contributed by atoms with Crippen molar-refractivity contribution in [3.8, 4) is 0 Å². The van der Waals surface area contributed by atoms with Crippen LogP contribution in [-0.2, 0) is 12.1 Å². The highest BCUT2D eigenvalue weighted by molar-refractivity contribution is 5.31. The van der Waals surface area contributed by atoms with E-state index in [1.54, 1.807) is 0 Å². The number of hydrogen-bond donors (Lipinski definition) is 1. The molecule has 2 aromatic rings. The Kier molecular flexibility index (Phi) is 2.35. The fourth-order valence-electron chi connectivity index (χ4n) is 2.60. The Hall–Kier alpha value is -1.61. The van der Waals surface area contributed by atoms with Gasteiger partial charge in [0.25, 0.3) is 0 Å². The highest BCUT2D eigenvalue weighted by Gasteiger charge is 2.59. The lowest BCUT2D eigenvalue weighted by Crippen LogP contribution is -2.24. The average molecular weight is 241 g/mol. The normalized spacial score (nSPS) is 25.1. The van der Waals surface area contributed by atoms with Gasteiger partial charge in [-0.3, -0.25) is 4.68 Å². The largest absolute Gasteiger partial charge is 0.321 e. The van der Waals surface area contributed by atoms with Crippen molar-refractivity contribution < 1.29 is 0 Å². The van der Waals surface area contributed by atoms with Crippen molar-refractivity contribution in [1.82, 2.24) is 9.78 Å². The van der Waals surface area contributed by atoms with Crippen molar-refractivity contribution in [2.24, 2.45) is 11.1 Å². The fraction of sp³-hybridized carbons (Fsp3) is 0.400. The first kappa shape index (κ1) is 11.5. The van der Waals surface area contributed by atoms with E-state index in [-0.39, 0.29) is 11.0 Å². The lowest BCUT2D eigenvalue weighted by Gasteiger charge is -2.12. The van der Waals surface area contributed by atoms with Gasteiger partial charge in [0, 0.05) is 17.3 Å². The van der Waals surface area contributed by atoms with Crippen LogP contribution >= 0.6 is 0 Å². The Morgan fingerprint density at radius 1 is 1.28 bits per heavy atom. The van der Waals surface area contributed by atoms with Crippen LogP contribution in [0.15, 0.2) is 42.7 Å². The molecule has 0 aliphatic heterocycles. The zero-order valence-electron chi connectivity index (χ0n) is 10.9. The van der Waals surface area contributed by atoms with Gasteiger partial charge >= 0.3 is 0 Å². The monoisotopic (exact) mass is 241 g/mol. The summed E-state index contributed by atoms with van der Waals surface area (Å²) in [4.78, 5) is 0. The maximum Gasteiger partial charge on any atom is 0.0659 e. The molecule has 18 heavy (non-hydrogen) atoms. The Bertz CT molecular complexity index is 556. The molecule has 2 N–H and O–H groups in total. The predicted octanol–water partition coefficient (Wildman–Crippen LogP) is 2.52. The highest BCUT2D eigenvalue weighted by Crippen LogP contribution is 2.60. The molecular weight excluding hydrogens is 222 g/mol. The van der Waals surface area contributed by atoms with Gasteiger partial charge in [-0.15, -0.1) is 0 Å². The number of nitrogens with two attached hydrogens (primary N) is 1. The maximum absolute atomic E-state index is 6.40. The van der Waals surface area contributed by atoms with E-state index in [1.165, 1.54) is 5.56 Å². The third-order valence-corrected chi connectivity index (χ3v) is 4.14. The molecule has 1 aromatic carbocycles. The molecule has 1 unspecified atom stereocenters. The summed E-state index contributed by atoms with van der Waals surface area (Å²) in [6, 6.07) is 10.4. The molecule has 94 valence electrons. The van der Waals surface area contributed by atoms with Crippen LogP contribution in [0, 0.1) is 5.41 Å². The summed E-state index contributed by atoms with van der Waals surface area (Å²) >= 11 is 0. The van der Waals surface area contributed by atoms with E-state index in [0.29, 0.717) is 0 Å². The van der Waals surface area contributed by atoms with Gasteiger partial charge in [-0.2, -0.15) is 5.10 Å². The molecule has 0 saturated heterocycles. The minimum Gasteiger partial charge on any atom is -0.321 e. The van der Waals surface area contributed by atoms with E-state index in [4.69, 9.17) is 5.73 Å². The second kappa shape index (κ2) is 3.69. The van der Waals surface area contributed by atoms with Crippen molar-refractivity contribution >= 4 is 0 Å². The number of rotatable bonds is 3. The van der Waals surface area contributed by atoms with Crippen molar-refractivity contribution in [2.75, 3.05) is 0 Å². The van der Waals surface area contributed by atoms with Crippen LogP contribution in [0.3, 0.4) is 0 Å². The van der Waals surface area contributed by atoms with Gasteiger partial charge in [-0.1, -0.05) is 44.2 Å². The van der Waals surface area contributed by atoms with Gasteiger partial charge in [-0.25, -0.2) is 0 Å². The van der Waals surface area contributed by atoms with Crippen LogP contribution in [0.2, 0.25) is 0 Å². The van der Waals surface area contributed by atoms with E-state index >= 15 is 0 Å². The van der Waals surface area contributed by atoms with Gasteiger partial charge in [0.05, 0.1) is 12.7 Å². The van der Waals surface area contributed by atoms with E-state index in [0.717, 1.165) is 18.5 Å². The molecule has 0 bridgehead atoms. The molecule has 0 radical (unpaired) electrons. The van der Waals surface area contributed by atoms with Crippen molar-refractivity contribution in [3.63, 3.8) is 0 Å². The second-order valence-corrected chi connectivity index (χ2v) is 5.94.